The monoisotopic (exact) mass is 254 g/mol. The minimum Gasteiger partial charge on any atom is -0.367 e. The van der Waals surface area contributed by atoms with Crippen molar-refractivity contribution < 1.29 is 8.91 Å². The van der Waals surface area contributed by atoms with Gasteiger partial charge in [0.2, 0.25) is 5.88 Å². The lowest BCUT2D eigenvalue weighted by Gasteiger charge is -2.02. The third-order valence-corrected chi connectivity index (χ3v) is 2.88. The van der Waals surface area contributed by atoms with Gasteiger partial charge in [-0.1, -0.05) is 47.6 Å². The highest BCUT2D eigenvalue weighted by atomic mass is 19.1. The Bertz CT molecular complexity index is 707. The molecule has 0 fully saturated rings. The molecule has 1 aromatic heterocycles. The Balaban J connectivity index is 2.19. The van der Waals surface area contributed by atoms with E-state index in [1.807, 2.05) is 30.3 Å². The molecule has 0 aliphatic carbocycles. The van der Waals surface area contributed by atoms with Crippen molar-refractivity contribution in [3.8, 4) is 22.4 Å². The van der Waals surface area contributed by atoms with Crippen LogP contribution in [-0.4, -0.2) is 5.16 Å². The fourth-order valence-corrected chi connectivity index (χ4v) is 2.02. The first-order chi connectivity index (χ1) is 9.25. The Morgan fingerprint density at radius 1 is 0.947 bits per heavy atom. The van der Waals surface area contributed by atoms with Gasteiger partial charge in [-0.05, 0) is 17.7 Å². The van der Waals surface area contributed by atoms with Gasteiger partial charge in [0.05, 0.1) is 5.56 Å². The molecule has 2 N–H and O–H groups in total. The zero-order valence-electron chi connectivity index (χ0n) is 10.0. The van der Waals surface area contributed by atoms with Crippen molar-refractivity contribution in [3.05, 3.63) is 60.4 Å². The molecule has 3 rings (SSSR count). The summed E-state index contributed by atoms with van der Waals surface area (Å²) in [6.07, 6.45) is 0. The maximum absolute atomic E-state index is 13.3. The maximum Gasteiger partial charge on any atom is 0.230 e. The summed E-state index contributed by atoms with van der Waals surface area (Å²) >= 11 is 0. The van der Waals surface area contributed by atoms with Gasteiger partial charge in [0.25, 0.3) is 0 Å². The molecule has 19 heavy (non-hydrogen) atoms. The molecule has 94 valence electrons. The maximum atomic E-state index is 13.3. The van der Waals surface area contributed by atoms with Crippen molar-refractivity contribution >= 4 is 5.88 Å². The minimum absolute atomic E-state index is 0.227. The highest BCUT2D eigenvalue weighted by molar-refractivity contribution is 5.86. The SMILES string of the molecule is Nc1onc(-c2cccc(F)c2)c1-c1ccccc1. The highest BCUT2D eigenvalue weighted by Crippen LogP contribution is 2.35. The van der Waals surface area contributed by atoms with Gasteiger partial charge in [0, 0.05) is 5.56 Å². The first-order valence-electron chi connectivity index (χ1n) is 5.82. The number of anilines is 1. The second-order valence-corrected chi connectivity index (χ2v) is 4.15. The molecule has 0 aliphatic rings. The van der Waals surface area contributed by atoms with Gasteiger partial charge in [-0.15, -0.1) is 0 Å². The van der Waals surface area contributed by atoms with Crippen LogP contribution in [0.15, 0.2) is 59.1 Å². The highest BCUT2D eigenvalue weighted by Gasteiger charge is 2.17. The molecule has 3 aromatic rings. The number of hydrogen-bond acceptors (Lipinski definition) is 3. The summed E-state index contributed by atoms with van der Waals surface area (Å²) in [5.41, 5.74) is 8.58. The van der Waals surface area contributed by atoms with E-state index in [0.717, 1.165) is 5.56 Å². The summed E-state index contributed by atoms with van der Waals surface area (Å²) < 4.78 is 18.4. The van der Waals surface area contributed by atoms with E-state index in [9.17, 15) is 4.39 Å². The zero-order chi connectivity index (χ0) is 13.2. The summed E-state index contributed by atoms with van der Waals surface area (Å²) in [5.74, 6) is -0.0939. The predicted octanol–water partition coefficient (Wildman–Crippen LogP) is 3.73. The van der Waals surface area contributed by atoms with Crippen molar-refractivity contribution in [1.29, 1.82) is 0 Å². The van der Waals surface area contributed by atoms with Gasteiger partial charge in [-0.2, -0.15) is 0 Å². The quantitative estimate of drug-likeness (QED) is 0.758. The van der Waals surface area contributed by atoms with E-state index in [0.29, 0.717) is 16.8 Å². The van der Waals surface area contributed by atoms with Crippen LogP contribution < -0.4 is 5.73 Å². The molecule has 0 radical (unpaired) electrons. The molecule has 2 aromatic carbocycles. The molecular weight excluding hydrogens is 243 g/mol. The van der Waals surface area contributed by atoms with Gasteiger partial charge in [-0.3, -0.25) is 0 Å². The Morgan fingerprint density at radius 3 is 2.42 bits per heavy atom. The number of nitrogen functional groups attached to an aromatic ring is 1. The average molecular weight is 254 g/mol. The lowest BCUT2D eigenvalue weighted by molar-refractivity contribution is 0.439. The van der Waals surface area contributed by atoms with Crippen LogP contribution in [0.4, 0.5) is 10.3 Å². The Morgan fingerprint density at radius 2 is 1.68 bits per heavy atom. The van der Waals surface area contributed by atoms with Gasteiger partial charge in [0.1, 0.15) is 11.5 Å². The largest absolute Gasteiger partial charge is 0.367 e. The van der Waals surface area contributed by atoms with Gasteiger partial charge >= 0.3 is 0 Å². The fraction of sp³-hybridized carbons (Fsp3) is 0. The second-order valence-electron chi connectivity index (χ2n) is 4.15. The van der Waals surface area contributed by atoms with Crippen LogP contribution in [0.2, 0.25) is 0 Å². The molecule has 0 saturated carbocycles. The molecule has 0 amide bonds. The van der Waals surface area contributed by atoms with Gasteiger partial charge in [0.15, 0.2) is 0 Å². The number of rotatable bonds is 2. The molecule has 0 spiro atoms. The molecule has 0 atom stereocenters. The topological polar surface area (TPSA) is 52.0 Å². The normalized spacial score (nSPS) is 10.6. The second kappa shape index (κ2) is 4.57. The smallest absolute Gasteiger partial charge is 0.230 e. The van der Waals surface area contributed by atoms with E-state index >= 15 is 0 Å². The van der Waals surface area contributed by atoms with E-state index in [-0.39, 0.29) is 11.7 Å². The van der Waals surface area contributed by atoms with Gasteiger partial charge in [-0.25, -0.2) is 4.39 Å². The molecule has 0 bridgehead atoms. The summed E-state index contributed by atoms with van der Waals surface area (Å²) in [4.78, 5) is 0. The molecule has 0 unspecified atom stereocenters. The Kier molecular flexibility index (Phi) is 2.76. The van der Waals surface area contributed by atoms with Crippen LogP contribution in [0.25, 0.3) is 22.4 Å². The van der Waals surface area contributed by atoms with Crippen molar-refractivity contribution in [2.75, 3.05) is 5.73 Å². The molecule has 0 aliphatic heterocycles. The van der Waals surface area contributed by atoms with Crippen molar-refractivity contribution in [1.82, 2.24) is 5.16 Å². The van der Waals surface area contributed by atoms with E-state index in [1.54, 1.807) is 12.1 Å². The molecule has 0 saturated heterocycles. The van der Waals surface area contributed by atoms with Crippen molar-refractivity contribution in [3.63, 3.8) is 0 Å². The first-order valence-corrected chi connectivity index (χ1v) is 5.82. The number of halogens is 1. The van der Waals surface area contributed by atoms with Crippen LogP contribution in [-0.2, 0) is 0 Å². The molecule has 3 nitrogen and oxygen atoms in total. The number of aromatic nitrogens is 1. The number of hydrogen-bond donors (Lipinski definition) is 1. The first kappa shape index (κ1) is 11.5. The standard InChI is InChI=1S/C15H11FN2O/c16-12-8-4-7-11(9-12)14-13(15(17)19-18-14)10-5-2-1-3-6-10/h1-9H,17H2. The van der Waals surface area contributed by atoms with E-state index < -0.39 is 0 Å². The minimum atomic E-state index is -0.321. The summed E-state index contributed by atoms with van der Waals surface area (Å²) in [7, 11) is 0. The molecule has 4 heteroatoms. The predicted molar refractivity (Wildman–Crippen MR) is 71.7 cm³/mol. The van der Waals surface area contributed by atoms with Crippen molar-refractivity contribution in [2.24, 2.45) is 0 Å². The van der Waals surface area contributed by atoms with E-state index in [2.05, 4.69) is 5.16 Å². The summed E-state index contributed by atoms with van der Waals surface area (Å²) in [5, 5.41) is 3.94. The summed E-state index contributed by atoms with van der Waals surface area (Å²) in [6, 6.07) is 15.7. The Hall–Kier alpha value is -2.62. The summed E-state index contributed by atoms with van der Waals surface area (Å²) in [6.45, 7) is 0. The van der Waals surface area contributed by atoms with Gasteiger partial charge < -0.3 is 10.3 Å². The van der Waals surface area contributed by atoms with Crippen LogP contribution in [0.1, 0.15) is 0 Å². The van der Waals surface area contributed by atoms with Crippen LogP contribution in [0.3, 0.4) is 0 Å². The molecule has 1 heterocycles. The number of benzene rings is 2. The van der Waals surface area contributed by atoms with E-state index in [1.165, 1.54) is 12.1 Å². The lowest BCUT2D eigenvalue weighted by Crippen LogP contribution is -1.88. The molecular formula is C15H11FN2O. The van der Waals surface area contributed by atoms with Crippen LogP contribution in [0.5, 0.6) is 0 Å². The average Bonchev–Trinajstić information content (AvgIpc) is 2.82. The third-order valence-electron chi connectivity index (χ3n) is 2.88. The third kappa shape index (κ3) is 2.08. The fourth-order valence-electron chi connectivity index (χ4n) is 2.02. The number of nitrogens with zero attached hydrogens (tertiary/aromatic N) is 1. The van der Waals surface area contributed by atoms with Crippen LogP contribution >= 0.6 is 0 Å². The Labute approximate surface area is 109 Å². The lowest BCUT2D eigenvalue weighted by atomic mass is 10.0. The van der Waals surface area contributed by atoms with Crippen molar-refractivity contribution in [2.45, 2.75) is 0 Å². The number of nitrogens with two attached hydrogens (primary N) is 1. The van der Waals surface area contributed by atoms with E-state index in [4.69, 9.17) is 10.3 Å². The zero-order valence-corrected chi connectivity index (χ0v) is 10.0. The van der Waals surface area contributed by atoms with Crippen LogP contribution in [0, 0.1) is 5.82 Å².